The summed E-state index contributed by atoms with van der Waals surface area (Å²) in [6, 6.07) is 8.18. The molecule has 0 amide bonds. The summed E-state index contributed by atoms with van der Waals surface area (Å²) in [6.07, 6.45) is 1.25. The monoisotopic (exact) mass is 362 g/mol. The molecule has 6 heteroatoms. The third kappa shape index (κ3) is 1.57. The predicted molar refractivity (Wildman–Crippen MR) is 75.3 cm³/mol. The van der Waals surface area contributed by atoms with Gasteiger partial charge in [-0.15, -0.1) is 0 Å². The molecule has 0 fully saturated rings. The van der Waals surface area contributed by atoms with E-state index >= 15 is 0 Å². The Balaban J connectivity index is 0.000000367. The van der Waals surface area contributed by atoms with Crippen LogP contribution in [0, 0.1) is 0 Å². The van der Waals surface area contributed by atoms with Crippen molar-refractivity contribution in [3.05, 3.63) is 33.2 Å². The van der Waals surface area contributed by atoms with Gasteiger partial charge in [-0.2, -0.15) is 8.75 Å². The van der Waals surface area contributed by atoms with Gasteiger partial charge in [-0.05, 0) is 42.6 Å². The first-order valence-corrected chi connectivity index (χ1v) is 6.58. The minimum Gasteiger partial charge on any atom is -0.344 e. The Bertz CT molecular complexity index is 634. The second-order valence-electron chi connectivity index (χ2n) is 3.13. The van der Waals surface area contributed by atoms with Gasteiger partial charge in [0.05, 0.1) is 20.7 Å². The number of hydrogen-bond acceptors (Lipinski definition) is 4. The Morgan fingerprint density at radius 1 is 1.19 bits per heavy atom. The quantitative estimate of drug-likeness (QED) is 0.638. The van der Waals surface area contributed by atoms with E-state index in [0.717, 1.165) is 30.8 Å². The molecular formula is C10H7Br2N3S. The van der Waals surface area contributed by atoms with Crippen molar-refractivity contribution in [2.24, 2.45) is 0 Å². The van der Waals surface area contributed by atoms with E-state index in [1.807, 2.05) is 12.1 Å². The van der Waals surface area contributed by atoms with E-state index < -0.39 is 0 Å². The van der Waals surface area contributed by atoms with Gasteiger partial charge in [0.2, 0.25) is 0 Å². The first-order valence-electron chi connectivity index (χ1n) is 5.27. The van der Waals surface area contributed by atoms with Crippen LogP contribution >= 0.6 is 43.6 Å². The van der Waals surface area contributed by atoms with E-state index in [-0.39, 0.29) is 0 Å². The molecule has 3 nitrogen and oxygen atoms in total. The van der Waals surface area contributed by atoms with Crippen LogP contribution in [0.3, 0.4) is 0 Å². The third-order valence-corrected chi connectivity index (χ3v) is 4.44. The highest BCUT2D eigenvalue weighted by Gasteiger charge is 2.13. The smallest absolute Gasteiger partial charge is 0.120 e. The molecule has 0 spiro atoms. The minimum atomic E-state index is 0.922. The molecule has 0 aliphatic carbocycles. The van der Waals surface area contributed by atoms with Crippen molar-refractivity contribution in [2.45, 2.75) is 0 Å². The Kier molecular flexibility index (Phi) is 2.58. The van der Waals surface area contributed by atoms with Crippen molar-refractivity contribution in [1.29, 1.82) is 0 Å². The van der Waals surface area contributed by atoms with Gasteiger partial charge in [-0.3, -0.25) is 0 Å². The lowest BCUT2D eigenvalue weighted by Gasteiger charge is -2.03. The lowest BCUT2D eigenvalue weighted by Crippen LogP contribution is -1.80. The molecular weight excluding hydrogens is 354 g/mol. The van der Waals surface area contributed by atoms with E-state index in [2.05, 4.69) is 52.7 Å². The second kappa shape index (κ2) is 4.37. The summed E-state index contributed by atoms with van der Waals surface area (Å²) < 4.78 is 21.9. The van der Waals surface area contributed by atoms with E-state index in [9.17, 15) is 0 Å². The van der Waals surface area contributed by atoms with Crippen LogP contribution in [0.15, 0.2) is 33.2 Å². The molecule has 0 saturated carbocycles. The summed E-state index contributed by atoms with van der Waals surface area (Å²) in [5, 5.41) is 2.31. The first-order chi connectivity index (χ1) is 8.70. The summed E-state index contributed by atoms with van der Waals surface area (Å²) >= 11 is 8.39. The summed E-state index contributed by atoms with van der Waals surface area (Å²) in [5.74, 6) is 0. The van der Waals surface area contributed by atoms with Crippen LogP contribution in [-0.4, -0.2) is 8.75 Å². The van der Waals surface area contributed by atoms with Gasteiger partial charge in [0.25, 0.3) is 0 Å². The molecule has 0 aliphatic rings. The lowest BCUT2D eigenvalue weighted by atomic mass is 10.1. The molecule has 82 valence electrons. The third-order valence-electron chi connectivity index (χ3n) is 2.30. The van der Waals surface area contributed by atoms with Crippen LogP contribution < -0.4 is 6.14 Å². The first kappa shape index (κ1) is 9.47. The molecule has 16 heavy (non-hydrogen) atoms. The standard InChI is InChI=1S/C10H4Br2N2S.H3N/c11-7-5-3-1-2-4-6(5)8(12)10-9(7)13-15-14-10;/h1-4H;1H3/i/hTD. The van der Waals surface area contributed by atoms with E-state index in [4.69, 9.17) is 2.82 Å². The Labute approximate surface area is 116 Å². The molecule has 0 saturated heterocycles. The van der Waals surface area contributed by atoms with Gasteiger partial charge in [0.1, 0.15) is 13.9 Å². The number of hydrogen-bond donors (Lipinski definition) is 1. The molecule has 1 aromatic heterocycles. The molecule has 0 bridgehead atoms. The van der Waals surface area contributed by atoms with E-state index in [1.54, 1.807) is 0 Å². The van der Waals surface area contributed by atoms with Gasteiger partial charge in [-0.1, -0.05) is 24.3 Å². The highest BCUT2D eigenvalue weighted by atomic mass is 79.9. The van der Waals surface area contributed by atoms with Crippen molar-refractivity contribution in [3.63, 3.8) is 0 Å². The average molecular weight is 364 g/mol. The molecule has 3 N–H and O–H groups in total. The molecule has 1 heterocycles. The van der Waals surface area contributed by atoms with E-state index in [1.165, 1.54) is 17.9 Å². The fraction of sp³-hybridized carbons (Fsp3) is 0. The Hall–Kier alpha value is -0.560. The van der Waals surface area contributed by atoms with Crippen LogP contribution in [0.5, 0.6) is 0 Å². The zero-order chi connectivity index (χ0) is 13.1. The topological polar surface area (TPSA) is 60.8 Å². The van der Waals surface area contributed by atoms with Crippen molar-refractivity contribution >= 4 is 65.4 Å². The van der Waals surface area contributed by atoms with Crippen LogP contribution in [0.4, 0.5) is 0 Å². The minimum absolute atomic E-state index is 0.922. The summed E-state index contributed by atoms with van der Waals surface area (Å²) in [6.45, 7) is 0. The van der Waals surface area contributed by atoms with Gasteiger partial charge in [0, 0.05) is 0 Å². The number of benzene rings is 2. The van der Waals surface area contributed by atoms with Crippen molar-refractivity contribution in [1.82, 2.24) is 14.9 Å². The molecule has 3 aromatic rings. The van der Waals surface area contributed by atoms with E-state index in [0.29, 0.717) is 0 Å². The maximum Gasteiger partial charge on any atom is 0.120 e. The Morgan fingerprint density at radius 2 is 1.62 bits per heavy atom. The average Bonchev–Trinajstić information content (AvgIpc) is 2.87. The maximum atomic E-state index is 5.62. The highest BCUT2D eigenvalue weighted by molar-refractivity contribution is 9.11. The SMILES string of the molecule is Brc1c2ccccc2c(Br)c2nsnc12.[2H]N[3H]. The molecule has 0 radical (unpaired) electrons. The number of aromatic nitrogens is 2. The maximum absolute atomic E-state index is 5.62. The van der Waals surface area contributed by atoms with Gasteiger partial charge >= 0.3 is 0 Å². The van der Waals surface area contributed by atoms with Gasteiger partial charge in [-0.25, -0.2) is 0 Å². The van der Waals surface area contributed by atoms with Crippen molar-refractivity contribution < 1.29 is 2.82 Å². The number of nitrogens with zero attached hydrogens (tertiary/aromatic N) is 2. The fourth-order valence-electron chi connectivity index (χ4n) is 1.60. The zero-order valence-electron chi connectivity index (χ0n) is 9.87. The van der Waals surface area contributed by atoms with Crippen LogP contribution in [0.2, 0.25) is 2.82 Å². The number of halogens is 2. The predicted octanol–water partition coefficient (Wildman–Crippen LogP) is 4.53. The summed E-state index contributed by atoms with van der Waals surface area (Å²) in [7, 11) is 0. The molecule has 0 aliphatic heterocycles. The second-order valence-corrected chi connectivity index (χ2v) is 5.25. The number of rotatable bonds is 0. The highest BCUT2D eigenvalue weighted by Crippen LogP contribution is 2.37. The Morgan fingerprint density at radius 3 is 2.06 bits per heavy atom. The fourth-order valence-corrected chi connectivity index (χ4v) is 3.64. The largest absolute Gasteiger partial charge is 0.344 e. The zero-order valence-corrected chi connectivity index (χ0v) is 11.9. The normalized spacial score (nSPS) is 11.9. The molecule has 3 rings (SSSR count). The number of fused-ring (bicyclic) bond motifs is 2. The van der Waals surface area contributed by atoms with Gasteiger partial charge < -0.3 is 6.14 Å². The lowest BCUT2D eigenvalue weighted by molar-refractivity contribution is 1.62. The molecule has 2 aromatic carbocycles. The molecule has 0 atom stereocenters. The van der Waals surface area contributed by atoms with Crippen LogP contribution in [-0.2, 0) is 0 Å². The summed E-state index contributed by atoms with van der Waals surface area (Å²) in [5.41, 5.74) is 1.84. The molecule has 0 unspecified atom stereocenters. The van der Waals surface area contributed by atoms with Crippen LogP contribution in [0.25, 0.3) is 21.8 Å². The van der Waals surface area contributed by atoms with Crippen molar-refractivity contribution in [2.75, 3.05) is 0 Å². The van der Waals surface area contributed by atoms with Gasteiger partial charge in [0.15, 0.2) is 0 Å². The summed E-state index contributed by atoms with van der Waals surface area (Å²) in [4.78, 5) is 0. The van der Waals surface area contributed by atoms with Crippen LogP contribution in [0.1, 0.15) is 0 Å². The van der Waals surface area contributed by atoms with Crippen molar-refractivity contribution in [3.8, 4) is 0 Å².